The molecule has 1 saturated heterocycles. The van der Waals surface area contributed by atoms with Gasteiger partial charge < -0.3 is 15.4 Å². The van der Waals surface area contributed by atoms with Gasteiger partial charge in [-0.05, 0) is 19.8 Å². The Hall–Kier alpha value is -1.73. The molecule has 1 aliphatic rings. The number of rotatable bonds is 5. The van der Waals surface area contributed by atoms with E-state index in [1.807, 2.05) is 18.5 Å². The van der Waals surface area contributed by atoms with Gasteiger partial charge in [0.2, 0.25) is 0 Å². The lowest BCUT2D eigenvalue weighted by molar-refractivity contribution is 0.0875. The molecule has 0 saturated carbocycles. The van der Waals surface area contributed by atoms with Gasteiger partial charge in [0.05, 0.1) is 30.4 Å². The van der Waals surface area contributed by atoms with Crippen LogP contribution in [0, 0.1) is 6.92 Å². The predicted octanol–water partition coefficient (Wildman–Crippen LogP) is 2.44. The van der Waals surface area contributed by atoms with Crippen molar-refractivity contribution in [2.75, 3.05) is 23.8 Å². The molecule has 0 aromatic carbocycles. The minimum atomic E-state index is 0.338. The van der Waals surface area contributed by atoms with Crippen molar-refractivity contribution in [3.05, 3.63) is 28.5 Å². The van der Waals surface area contributed by atoms with Crippen LogP contribution in [-0.2, 0) is 11.3 Å². The molecule has 1 unspecified atom stereocenters. The lowest BCUT2D eigenvalue weighted by Crippen LogP contribution is -2.30. The molecule has 112 valence electrons. The van der Waals surface area contributed by atoms with Crippen LogP contribution in [0.2, 0.25) is 0 Å². The first kappa shape index (κ1) is 14.2. The van der Waals surface area contributed by atoms with Crippen LogP contribution in [0.25, 0.3) is 0 Å². The van der Waals surface area contributed by atoms with Gasteiger partial charge in [-0.15, -0.1) is 11.3 Å². The van der Waals surface area contributed by atoms with Crippen LogP contribution in [0.4, 0.5) is 11.6 Å². The topological polar surface area (TPSA) is 72.0 Å². The highest BCUT2D eigenvalue weighted by atomic mass is 32.1. The van der Waals surface area contributed by atoms with E-state index in [9.17, 15) is 0 Å². The third kappa shape index (κ3) is 3.89. The van der Waals surface area contributed by atoms with Gasteiger partial charge in [0.25, 0.3) is 0 Å². The number of hydrogen-bond donors (Lipinski definition) is 2. The fourth-order valence-corrected chi connectivity index (χ4v) is 2.98. The second kappa shape index (κ2) is 6.82. The van der Waals surface area contributed by atoms with E-state index in [1.165, 1.54) is 4.88 Å². The summed E-state index contributed by atoms with van der Waals surface area (Å²) >= 11 is 1.65. The average Bonchev–Trinajstić information content (AvgIpc) is 2.92. The summed E-state index contributed by atoms with van der Waals surface area (Å²) in [5, 5.41) is 6.71. The highest BCUT2D eigenvalue weighted by Gasteiger charge is 2.14. The molecular weight excluding hydrogens is 286 g/mol. The molecular formula is C14H19N5OS. The van der Waals surface area contributed by atoms with Crippen LogP contribution in [0.1, 0.15) is 23.4 Å². The lowest BCUT2D eigenvalue weighted by Gasteiger charge is -2.23. The molecule has 21 heavy (non-hydrogen) atoms. The molecule has 2 aromatic heterocycles. The molecule has 0 aliphatic carbocycles. The maximum atomic E-state index is 5.47. The summed E-state index contributed by atoms with van der Waals surface area (Å²) in [6.07, 6.45) is 3.79. The molecule has 0 spiro atoms. The highest BCUT2D eigenvalue weighted by molar-refractivity contribution is 7.09. The first-order valence-electron chi connectivity index (χ1n) is 7.10. The van der Waals surface area contributed by atoms with E-state index < -0.39 is 0 Å². The van der Waals surface area contributed by atoms with E-state index in [1.54, 1.807) is 17.7 Å². The number of ether oxygens (including phenoxy) is 1. The Balaban J connectivity index is 1.58. The molecule has 1 fully saturated rings. The summed E-state index contributed by atoms with van der Waals surface area (Å²) in [5.41, 5.74) is 2.93. The van der Waals surface area contributed by atoms with Gasteiger partial charge in [-0.25, -0.2) is 15.0 Å². The number of anilines is 2. The van der Waals surface area contributed by atoms with E-state index in [2.05, 4.69) is 25.6 Å². The van der Waals surface area contributed by atoms with Gasteiger partial charge in [-0.1, -0.05) is 0 Å². The number of aromatic nitrogens is 3. The smallest absolute Gasteiger partial charge is 0.131 e. The Morgan fingerprint density at radius 1 is 1.33 bits per heavy atom. The monoisotopic (exact) mass is 305 g/mol. The van der Waals surface area contributed by atoms with Gasteiger partial charge in [0, 0.05) is 17.6 Å². The van der Waals surface area contributed by atoms with Crippen molar-refractivity contribution < 1.29 is 4.74 Å². The Kier molecular flexibility index (Phi) is 4.62. The normalized spacial score (nSPS) is 18.4. The SMILES string of the molecule is Cc1ncsc1CNc1cc(NC2CCCOC2)ncn1. The molecule has 6 nitrogen and oxygen atoms in total. The van der Waals surface area contributed by atoms with Gasteiger partial charge in [-0.2, -0.15) is 0 Å². The minimum absolute atomic E-state index is 0.338. The van der Waals surface area contributed by atoms with Gasteiger partial charge >= 0.3 is 0 Å². The highest BCUT2D eigenvalue weighted by Crippen LogP contribution is 2.17. The van der Waals surface area contributed by atoms with Crippen LogP contribution in [0.15, 0.2) is 17.9 Å². The van der Waals surface area contributed by atoms with Crippen molar-refractivity contribution >= 4 is 23.0 Å². The Morgan fingerprint density at radius 2 is 2.24 bits per heavy atom. The number of nitrogens with one attached hydrogen (secondary N) is 2. The summed E-state index contributed by atoms with van der Waals surface area (Å²) in [6, 6.07) is 2.27. The van der Waals surface area contributed by atoms with Crippen molar-refractivity contribution in [1.82, 2.24) is 15.0 Å². The summed E-state index contributed by atoms with van der Waals surface area (Å²) in [5.74, 6) is 1.65. The average molecular weight is 305 g/mol. The summed E-state index contributed by atoms with van der Waals surface area (Å²) in [6.45, 7) is 4.36. The summed E-state index contributed by atoms with van der Waals surface area (Å²) < 4.78 is 5.47. The second-order valence-electron chi connectivity index (χ2n) is 5.06. The van der Waals surface area contributed by atoms with Crippen LogP contribution >= 0.6 is 11.3 Å². The van der Waals surface area contributed by atoms with Crippen molar-refractivity contribution in [3.8, 4) is 0 Å². The van der Waals surface area contributed by atoms with Crippen LogP contribution in [0.5, 0.6) is 0 Å². The van der Waals surface area contributed by atoms with Crippen molar-refractivity contribution in [3.63, 3.8) is 0 Å². The van der Waals surface area contributed by atoms with Crippen molar-refractivity contribution in [1.29, 1.82) is 0 Å². The zero-order valence-corrected chi connectivity index (χ0v) is 12.8. The maximum Gasteiger partial charge on any atom is 0.131 e. The molecule has 3 heterocycles. The zero-order chi connectivity index (χ0) is 14.5. The van der Waals surface area contributed by atoms with Crippen LogP contribution in [0.3, 0.4) is 0 Å². The molecule has 0 amide bonds. The van der Waals surface area contributed by atoms with Crippen molar-refractivity contribution in [2.45, 2.75) is 32.4 Å². The van der Waals surface area contributed by atoms with E-state index in [4.69, 9.17) is 4.74 Å². The minimum Gasteiger partial charge on any atom is -0.379 e. The molecule has 1 aliphatic heterocycles. The fourth-order valence-electron chi connectivity index (χ4n) is 2.26. The molecule has 0 radical (unpaired) electrons. The lowest BCUT2D eigenvalue weighted by atomic mass is 10.1. The molecule has 1 atom stereocenters. The van der Waals surface area contributed by atoms with Crippen LogP contribution in [-0.4, -0.2) is 34.2 Å². The Labute approximate surface area is 128 Å². The van der Waals surface area contributed by atoms with E-state index in [0.717, 1.165) is 49.9 Å². The molecule has 2 N–H and O–H groups in total. The number of thiazole rings is 1. The van der Waals surface area contributed by atoms with Gasteiger partial charge in [0.15, 0.2) is 0 Å². The molecule has 7 heteroatoms. The molecule has 3 rings (SSSR count). The van der Waals surface area contributed by atoms with E-state index in [0.29, 0.717) is 6.04 Å². The Morgan fingerprint density at radius 3 is 3.00 bits per heavy atom. The number of nitrogens with zero attached hydrogens (tertiary/aromatic N) is 3. The quantitative estimate of drug-likeness (QED) is 0.884. The Bertz CT molecular complexity index is 582. The maximum absolute atomic E-state index is 5.47. The summed E-state index contributed by atoms with van der Waals surface area (Å²) in [4.78, 5) is 14.0. The third-order valence-electron chi connectivity index (χ3n) is 3.45. The molecule has 2 aromatic rings. The summed E-state index contributed by atoms with van der Waals surface area (Å²) in [7, 11) is 0. The van der Waals surface area contributed by atoms with Gasteiger partial charge in [0.1, 0.15) is 18.0 Å². The van der Waals surface area contributed by atoms with E-state index in [-0.39, 0.29) is 0 Å². The number of hydrogen-bond acceptors (Lipinski definition) is 7. The van der Waals surface area contributed by atoms with Crippen molar-refractivity contribution in [2.24, 2.45) is 0 Å². The fraction of sp³-hybridized carbons (Fsp3) is 0.500. The first-order valence-corrected chi connectivity index (χ1v) is 7.98. The largest absolute Gasteiger partial charge is 0.379 e. The van der Waals surface area contributed by atoms with Gasteiger partial charge in [-0.3, -0.25) is 0 Å². The van der Waals surface area contributed by atoms with E-state index >= 15 is 0 Å². The van der Waals surface area contributed by atoms with Crippen LogP contribution < -0.4 is 10.6 Å². The standard InChI is InChI=1S/C14H19N5OS/c1-10-12(21-9-18-10)6-15-13-5-14(17-8-16-13)19-11-3-2-4-20-7-11/h5,8-9,11H,2-4,6-7H2,1H3,(H2,15,16,17,19). The second-order valence-corrected chi connectivity index (χ2v) is 6.00. The molecule has 0 bridgehead atoms. The first-order chi connectivity index (χ1) is 10.3. The third-order valence-corrected chi connectivity index (χ3v) is 4.39. The number of aryl methyl sites for hydroxylation is 1. The predicted molar refractivity (Wildman–Crippen MR) is 83.7 cm³/mol. The zero-order valence-electron chi connectivity index (χ0n) is 12.0.